The first-order valence-corrected chi connectivity index (χ1v) is 7.88. The van der Waals surface area contributed by atoms with E-state index in [2.05, 4.69) is 10.5 Å². The maximum absolute atomic E-state index is 11.8. The number of phenols is 1. The molecule has 27 heavy (non-hydrogen) atoms. The molecular formula is C18H19N3O6. The SMILES string of the molecule is COc1cc([N+](=O)[O-])cc(/C=N/NC(=O)COc2cc(C)cc(C)c2)c1O. The minimum absolute atomic E-state index is 0.0246. The standard InChI is InChI=1S/C18H19N3O6/c1-11-4-12(2)6-15(5-11)27-10-17(22)20-19-9-13-7-14(21(24)25)8-16(26-3)18(13)23/h4-9,23H,10H2,1-3H3,(H,20,22)/b19-9+. The molecule has 142 valence electrons. The molecule has 2 rings (SSSR count). The molecule has 0 heterocycles. The molecule has 9 heteroatoms. The summed E-state index contributed by atoms with van der Waals surface area (Å²) in [5.74, 6) is -0.363. The molecule has 0 saturated carbocycles. The number of nitrogens with zero attached hydrogens (tertiary/aromatic N) is 2. The highest BCUT2D eigenvalue weighted by molar-refractivity contribution is 5.87. The van der Waals surface area contributed by atoms with Crippen molar-refractivity contribution in [3.8, 4) is 17.2 Å². The van der Waals surface area contributed by atoms with Gasteiger partial charge in [-0.2, -0.15) is 5.10 Å². The number of carbonyl (C=O) groups is 1. The number of methoxy groups -OCH3 is 1. The summed E-state index contributed by atoms with van der Waals surface area (Å²) in [5.41, 5.74) is 4.00. The Hall–Kier alpha value is -3.62. The highest BCUT2D eigenvalue weighted by Crippen LogP contribution is 2.33. The lowest BCUT2D eigenvalue weighted by atomic mass is 10.1. The third kappa shape index (κ3) is 5.43. The quantitative estimate of drug-likeness (QED) is 0.436. The van der Waals surface area contributed by atoms with Crippen molar-refractivity contribution in [2.24, 2.45) is 5.10 Å². The van der Waals surface area contributed by atoms with Crippen molar-refractivity contribution in [3.63, 3.8) is 0 Å². The van der Waals surface area contributed by atoms with Crippen LogP contribution in [0.3, 0.4) is 0 Å². The molecule has 0 aromatic heterocycles. The van der Waals surface area contributed by atoms with Crippen molar-refractivity contribution < 1.29 is 24.3 Å². The number of nitro groups is 1. The van der Waals surface area contributed by atoms with E-state index in [9.17, 15) is 20.0 Å². The molecule has 0 atom stereocenters. The molecule has 2 aromatic rings. The number of aryl methyl sites for hydroxylation is 2. The van der Waals surface area contributed by atoms with E-state index in [0.29, 0.717) is 5.75 Å². The van der Waals surface area contributed by atoms with Crippen LogP contribution in [0.25, 0.3) is 0 Å². The van der Waals surface area contributed by atoms with Gasteiger partial charge in [-0.05, 0) is 37.1 Å². The summed E-state index contributed by atoms with van der Waals surface area (Å²) in [5, 5.41) is 24.6. The van der Waals surface area contributed by atoms with Gasteiger partial charge in [-0.1, -0.05) is 6.07 Å². The highest BCUT2D eigenvalue weighted by atomic mass is 16.6. The Morgan fingerprint density at radius 1 is 1.26 bits per heavy atom. The van der Waals surface area contributed by atoms with E-state index in [4.69, 9.17) is 9.47 Å². The second-order valence-corrected chi connectivity index (χ2v) is 5.75. The topological polar surface area (TPSA) is 123 Å². The minimum atomic E-state index is -0.629. The fourth-order valence-corrected chi connectivity index (χ4v) is 2.34. The maximum atomic E-state index is 11.8. The number of benzene rings is 2. The highest BCUT2D eigenvalue weighted by Gasteiger charge is 2.15. The van der Waals surface area contributed by atoms with E-state index in [1.54, 1.807) is 12.1 Å². The van der Waals surface area contributed by atoms with Gasteiger partial charge in [0.2, 0.25) is 0 Å². The Labute approximate surface area is 155 Å². The van der Waals surface area contributed by atoms with Crippen LogP contribution in [0, 0.1) is 24.0 Å². The van der Waals surface area contributed by atoms with Crippen LogP contribution in [-0.2, 0) is 4.79 Å². The van der Waals surface area contributed by atoms with Crippen molar-refractivity contribution >= 4 is 17.8 Å². The molecule has 0 saturated heterocycles. The summed E-state index contributed by atoms with van der Waals surface area (Å²) < 4.78 is 10.3. The molecule has 0 unspecified atom stereocenters. The van der Waals surface area contributed by atoms with Crippen molar-refractivity contribution in [1.82, 2.24) is 5.43 Å². The molecule has 0 aliphatic carbocycles. The summed E-state index contributed by atoms with van der Waals surface area (Å²) in [6.45, 7) is 3.58. The van der Waals surface area contributed by atoms with Gasteiger partial charge >= 0.3 is 0 Å². The van der Waals surface area contributed by atoms with Gasteiger partial charge in [0, 0.05) is 11.6 Å². The summed E-state index contributed by atoms with van der Waals surface area (Å²) in [6, 6.07) is 7.79. The molecule has 2 N–H and O–H groups in total. The van der Waals surface area contributed by atoms with Crippen LogP contribution in [-0.4, -0.2) is 35.9 Å². The van der Waals surface area contributed by atoms with Crippen LogP contribution in [0.2, 0.25) is 0 Å². The number of ether oxygens (including phenoxy) is 2. The van der Waals surface area contributed by atoms with E-state index >= 15 is 0 Å². The number of rotatable bonds is 7. The Morgan fingerprint density at radius 3 is 2.52 bits per heavy atom. The third-order valence-electron chi connectivity index (χ3n) is 3.48. The predicted octanol–water partition coefficient (Wildman–Crippen LogP) is 2.45. The first-order chi connectivity index (χ1) is 12.8. The maximum Gasteiger partial charge on any atom is 0.277 e. The first-order valence-electron chi connectivity index (χ1n) is 7.88. The van der Waals surface area contributed by atoms with Gasteiger partial charge in [0.05, 0.1) is 24.3 Å². The Bertz CT molecular complexity index is 875. The zero-order valence-corrected chi connectivity index (χ0v) is 15.1. The third-order valence-corrected chi connectivity index (χ3v) is 3.48. The molecule has 0 spiro atoms. The van der Waals surface area contributed by atoms with Crippen molar-refractivity contribution in [1.29, 1.82) is 0 Å². The largest absolute Gasteiger partial charge is 0.504 e. The van der Waals surface area contributed by atoms with Gasteiger partial charge in [-0.15, -0.1) is 0 Å². The zero-order valence-electron chi connectivity index (χ0n) is 15.1. The van der Waals surface area contributed by atoms with E-state index < -0.39 is 10.8 Å². The lowest BCUT2D eigenvalue weighted by molar-refractivity contribution is -0.385. The predicted molar refractivity (Wildman–Crippen MR) is 98.5 cm³/mol. The average molecular weight is 373 g/mol. The number of nitro benzene ring substituents is 1. The van der Waals surface area contributed by atoms with E-state index in [0.717, 1.165) is 29.5 Å². The molecule has 9 nitrogen and oxygen atoms in total. The van der Waals surface area contributed by atoms with E-state index in [-0.39, 0.29) is 29.4 Å². The summed E-state index contributed by atoms with van der Waals surface area (Å²) in [6.07, 6.45) is 1.08. The number of nitrogens with one attached hydrogen (secondary N) is 1. The lowest BCUT2D eigenvalue weighted by Gasteiger charge is -2.07. The molecule has 2 aromatic carbocycles. The number of hydrazone groups is 1. The van der Waals surface area contributed by atoms with Crippen LogP contribution in [0.4, 0.5) is 5.69 Å². The van der Waals surface area contributed by atoms with Crippen molar-refractivity contribution in [2.75, 3.05) is 13.7 Å². The minimum Gasteiger partial charge on any atom is -0.504 e. The number of hydrogen-bond acceptors (Lipinski definition) is 7. The zero-order chi connectivity index (χ0) is 20.0. The van der Waals surface area contributed by atoms with Crippen molar-refractivity contribution in [2.45, 2.75) is 13.8 Å². The van der Waals surface area contributed by atoms with Gasteiger partial charge in [0.15, 0.2) is 18.1 Å². The number of amides is 1. The molecular weight excluding hydrogens is 354 g/mol. The second-order valence-electron chi connectivity index (χ2n) is 5.75. The Kier molecular flexibility index (Phi) is 6.32. The number of carbonyl (C=O) groups excluding carboxylic acids is 1. The van der Waals surface area contributed by atoms with Crippen LogP contribution < -0.4 is 14.9 Å². The number of hydrogen-bond donors (Lipinski definition) is 2. The number of phenolic OH excluding ortho intramolecular Hbond substituents is 1. The Balaban J connectivity index is 2.01. The summed E-state index contributed by atoms with van der Waals surface area (Å²) >= 11 is 0. The molecule has 1 amide bonds. The summed E-state index contributed by atoms with van der Waals surface area (Å²) in [7, 11) is 1.27. The molecule has 0 bridgehead atoms. The first kappa shape index (κ1) is 19.7. The Morgan fingerprint density at radius 2 is 1.93 bits per heavy atom. The van der Waals surface area contributed by atoms with E-state index in [1.165, 1.54) is 7.11 Å². The molecule has 0 radical (unpaired) electrons. The van der Waals surface area contributed by atoms with Gasteiger partial charge in [0.25, 0.3) is 11.6 Å². The molecule has 0 fully saturated rings. The smallest absolute Gasteiger partial charge is 0.277 e. The lowest BCUT2D eigenvalue weighted by Crippen LogP contribution is -2.24. The van der Waals surface area contributed by atoms with Crippen LogP contribution in [0.15, 0.2) is 35.4 Å². The van der Waals surface area contributed by atoms with Gasteiger partial charge in [0.1, 0.15) is 5.75 Å². The van der Waals surface area contributed by atoms with Gasteiger partial charge in [-0.25, -0.2) is 5.43 Å². The number of non-ortho nitro benzene ring substituents is 1. The van der Waals surface area contributed by atoms with E-state index in [1.807, 2.05) is 19.9 Å². The van der Waals surface area contributed by atoms with Crippen LogP contribution >= 0.6 is 0 Å². The van der Waals surface area contributed by atoms with Crippen molar-refractivity contribution in [3.05, 3.63) is 57.1 Å². The fourth-order valence-electron chi connectivity index (χ4n) is 2.34. The van der Waals surface area contributed by atoms with Gasteiger partial charge < -0.3 is 14.6 Å². The summed E-state index contributed by atoms with van der Waals surface area (Å²) in [4.78, 5) is 22.1. The second kappa shape index (κ2) is 8.65. The van der Waals surface area contributed by atoms with Crippen LogP contribution in [0.1, 0.15) is 16.7 Å². The average Bonchev–Trinajstić information content (AvgIpc) is 2.60. The monoisotopic (exact) mass is 373 g/mol. The van der Waals surface area contributed by atoms with Crippen LogP contribution in [0.5, 0.6) is 17.2 Å². The normalized spacial score (nSPS) is 10.6. The molecule has 0 aliphatic heterocycles. The number of aromatic hydroxyl groups is 1. The van der Waals surface area contributed by atoms with Gasteiger partial charge in [-0.3, -0.25) is 14.9 Å². The fraction of sp³-hybridized carbons (Fsp3) is 0.222. The molecule has 0 aliphatic rings.